The third-order valence-corrected chi connectivity index (χ3v) is 6.20. The van der Waals surface area contributed by atoms with Crippen molar-refractivity contribution < 1.29 is 4.74 Å². The van der Waals surface area contributed by atoms with Gasteiger partial charge in [0.15, 0.2) is 5.16 Å². The Balaban J connectivity index is 1.71. The highest BCUT2D eigenvalue weighted by atomic mass is 35.5. The van der Waals surface area contributed by atoms with Gasteiger partial charge in [0, 0.05) is 16.8 Å². The van der Waals surface area contributed by atoms with Crippen LogP contribution in [-0.4, -0.2) is 26.3 Å². The van der Waals surface area contributed by atoms with Crippen molar-refractivity contribution >= 4 is 40.0 Å². The minimum Gasteiger partial charge on any atom is -0.497 e. The summed E-state index contributed by atoms with van der Waals surface area (Å²) >= 11 is 7.66. The van der Waals surface area contributed by atoms with E-state index in [2.05, 4.69) is 10.2 Å². The fourth-order valence-corrected chi connectivity index (χ4v) is 4.62. The molecule has 0 unspecified atom stereocenters. The highest BCUT2D eigenvalue weighted by Gasteiger charge is 2.18. The van der Waals surface area contributed by atoms with Crippen molar-refractivity contribution in [2.24, 2.45) is 0 Å². The average Bonchev–Trinajstić information content (AvgIpc) is 3.22. The fourth-order valence-electron chi connectivity index (χ4n) is 3.53. The van der Waals surface area contributed by atoms with Crippen molar-refractivity contribution in [3.63, 3.8) is 0 Å². The molecule has 2 aromatic heterocycles. The van der Waals surface area contributed by atoms with E-state index in [-0.39, 0.29) is 5.56 Å². The molecule has 0 fully saturated rings. The van der Waals surface area contributed by atoms with E-state index < -0.39 is 0 Å². The molecular weight excluding hydrogens is 432 g/mol. The number of rotatable bonds is 5. The number of fused-ring (bicyclic) bond motifs is 3. The number of nitrogens with zero attached hydrogens (tertiary/aromatic N) is 4. The summed E-state index contributed by atoms with van der Waals surface area (Å²) < 4.78 is 8.84. The molecule has 0 N–H and O–H groups in total. The van der Waals surface area contributed by atoms with Crippen molar-refractivity contribution in [2.75, 3.05) is 7.11 Å². The van der Waals surface area contributed by atoms with Crippen molar-refractivity contribution in [1.29, 1.82) is 0 Å². The van der Waals surface area contributed by atoms with Gasteiger partial charge in [0.05, 0.1) is 23.7 Å². The largest absolute Gasteiger partial charge is 0.497 e. The van der Waals surface area contributed by atoms with Gasteiger partial charge < -0.3 is 4.74 Å². The molecule has 2 heterocycles. The Kier molecular flexibility index (Phi) is 5.13. The zero-order valence-corrected chi connectivity index (χ0v) is 18.1. The van der Waals surface area contributed by atoms with E-state index in [0.717, 1.165) is 11.1 Å². The summed E-state index contributed by atoms with van der Waals surface area (Å²) in [6.45, 7) is 0. The maximum atomic E-state index is 13.4. The predicted molar refractivity (Wildman–Crippen MR) is 124 cm³/mol. The number of halogens is 1. The molecule has 0 bridgehead atoms. The Morgan fingerprint density at radius 2 is 1.84 bits per heavy atom. The minimum atomic E-state index is -0.157. The maximum Gasteiger partial charge on any atom is 0.267 e. The Labute approximate surface area is 187 Å². The normalized spacial score (nSPS) is 11.3. The molecule has 0 aliphatic heterocycles. The van der Waals surface area contributed by atoms with Gasteiger partial charge in [-0.2, -0.15) is 0 Å². The van der Waals surface area contributed by atoms with E-state index in [4.69, 9.17) is 16.3 Å². The van der Waals surface area contributed by atoms with E-state index in [1.54, 1.807) is 23.4 Å². The Bertz CT molecular complexity index is 1480. The highest BCUT2D eigenvalue weighted by molar-refractivity contribution is 7.98. The third-order valence-electron chi connectivity index (χ3n) is 4.96. The summed E-state index contributed by atoms with van der Waals surface area (Å²) in [5.74, 6) is 1.78. The molecular formula is C23H17ClN4O2S. The maximum absolute atomic E-state index is 13.4. The average molecular weight is 449 g/mol. The number of para-hydroxylation sites is 1. The molecule has 0 spiro atoms. The van der Waals surface area contributed by atoms with Crippen LogP contribution in [0.25, 0.3) is 22.4 Å². The van der Waals surface area contributed by atoms with Crippen molar-refractivity contribution in [3.05, 3.63) is 93.7 Å². The molecule has 0 atom stereocenters. The van der Waals surface area contributed by atoms with E-state index >= 15 is 0 Å². The second-order valence-corrected chi connectivity index (χ2v) is 8.27. The van der Waals surface area contributed by atoms with Crippen LogP contribution < -0.4 is 10.3 Å². The standard InChI is InChI=1S/C23H17ClN4O2S/c1-30-18-9-5-8-17(13-18)27-21(29)19-10-2-3-11-20(19)28-22(27)25-26-23(28)31-14-15-6-4-7-16(24)12-15/h2-13H,14H2,1H3. The number of benzene rings is 3. The third kappa shape index (κ3) is 3.56. The lowest BCUT2D eigenvalue weighted by molar-refractivity contribution is 0.414. The van der Waals surface area contributed by atoms with Crippen LogP contribution in [0.3, 0.4) is 0 Å². The van der Waals surface area contributed by atoms with E-state index in [0.29, 0.717) is 38.5 Å². The number of ether oxygens (including phenoxy) is 1. The van der Waals surface area contributed by atoms with Crippen LogP contribution in [0.2, 0.25) is 5.02 Å². The molecule has 5 aromatic rings. The Morgan fingerprint density at radius 3 is 2.68 bits per heavy atom. The summed E-state index contributed by atoms with van der Waals surface area (Å²) in [4.78, 5) is 13.4. The first-order valence-corrected chi connectivity index (χ1v) is 10.9. The molecule has 0 saturated carbocycles. The predicted octanol–water partition coefficient (Wildman–Crippen LogP) is 4.99. The lowest BCUT2D eigenvalue weighted by Crippen LogP contribution is -2.21. The molecule has 8 heteroatoms. The molecule has 0 saturated heterocycles. The van der Waals surface area contributed by atoms with Gasteiger partial charge in [0.2, 0.25) is 5.78 Å². The van der Waals surface area contributed by atoms with Crippen LogP contribution in [0, 0.1) is 0 Å². The summed E-state index contributed by atoms with van der Waals surface area (Å²) in [6, 6.07) is 22.6. The first kappa shape index (κ1) is 19.7. The first-order valence-electron chi connectivity index (χ1n) is 9.56. The Hall–Kier alpha value is -3.29. The summed E-state index contributed by atoms with van der Waals surface area (Å²) in [5, 5.41) is 10.8. The minimum absolute atomic E-state index is 0.157. The van der Waals surface area contributed by atoms with Gasteiger partial charge in [-0.3, -0.25) is 9.20 Å². The summed E-state index contributed by atoms with van der Waals surface area (Å²) in [5.41, 5.74) is 2.36. The van der Waals surface area contributed by atoms with Gasteiger partial charge in [-0.25, -0.2) is 4.57 Å². The van der Waals surface area contributed by atoms with Gasteiger partial charge >= 0.3 is 0 Å². The summed E-state index contributed by atoms with van der Waals surface area (Å²) in [7, 11) is 1.60. The second-order valence-electron chi connectivity index (χ2n) is 6.90. The van der Waals surface area contributed by atoms with Gasteiger partial charge in [-0.1, -0.05) is 53.7 Å². The fraction of sp³-hybridized carbons (Fsp3) is 0.0870. The molecule has 0 radical (unpaired) electrons. The van der Waals surface area contributed by atoms with E-state index in [1.807, 2.05) is 77.2 Å². The zero-order valence-electron chi connectivity index (χ0n) is 16.5. The SMILES string of the molecule is COc1cccc(-n2c(=O)c3ccccc3n3c(SCc4cccc(Cl)c4)nnc23)c1. The topological polar surface area (TPSA) is 61.4 Å². The van der Waals surface area contributed by atoms with Crippen LogP contribution in [0.1, 0.15) is 5.56 Å². The molecule has 0 amide bonds. The molecule has 31 heavy (non-hydrogen) atoms. The van der Waals surface area contributed by atoms with Gasteiger partial charge in [-0.05, 0) is 42.0 Å². The zero-order chi connectivity index (χ0) is 21.4. The number of thioether (sulfide) groups is 1. The lowest BCUT2D eigenvalue weighted by Gasteiger charge is -2.12. The van der Waals surface area contributed by atoms with Gasteiger partial charge in [0.1, 0.15) is 5.75 Å². The molecule has 154 valence electrons. The number of methoxy groups -OCH3 is 1. The van der Waals surface area contributed by atoms with Crippen LogP contribution in [0.5, 0.6) is 5.75 Å². The molecule has 3 aromatic carbocycles. The van der Waals surface area contributed by atoms with Gasteiger partial charge in [-0.15, -0.1) is 10.2 Å². The van der Waals surface area contributed by atoms with Crippen LogP contribution in [0.4, 0.5) is 0 Å². The highest BCUT2D eigenvalue weighted by Crippen LogP contribution is 2.27. The molecule has 0 aliphatic rings. The van der Waals surface area contributed by atoms with Crippen LogP contribution in [0.15, 0.2) is 82.7 Å². The van der Waals surface area contributed by atoms with Crippen molar-refractivity contribution in [1.82, 2.24) is 19.2 Å². The van der Waals surface area contributed by atoms with Crippen molar-refractivity contribution in [3.8, 4) is 11.4 Å². The van der Waals surface area contributed by atoms with E-state index in [1.165, 1.54) is 0 Å². The smallest absolute Gasteiger partial charge is 0.267 e. The first-order chi connectivity index (χ1) is 15.2. The molecule has 5 rings (SSSR count). The van der Waals surface area contributed by atoms with Gasteiger partial charge in [0.25, 0.3) is 5.56 Å². The second kappa shape index (κ2) is 8.09. The van der Waals surface area contributed by atoms with Crippen LogP contribution in [-0.2, 0) is 5.75 Å². The number of hydrogen-bond acceptors (Lipinski definition) is 5. The molecule has 6 nitrogen and oxygen atoms in total. The van der Waals surface area contributed by atoms with E-state index in [9.17, 15) is 4.79 Å². The lowest BCUT2D eigenvalue weighted by atomic mass is 10.2. The quantitative estimate of drug-likeness (QED) is 0.354. The monoisotopic (exact) mass is 448 g/mol. The summed E-state index contributed by atoms with van der Waals surface area (Å²) in [6.07, 6.45) is 0. The molecule has 0 aliphatic carbocycles. The Morgan fingerprint density at radius 1 is 1.00 bits per heavy atom. The van der Waals surface area contributed by atoms with Crippen molar-refractivity contribution in [2.45, 2.75) is 10.9 Å². The van der Waals surface area contributed by atoms with Crippen LogP contribution >= 0.6 is 23.4 Å². The number of hydrogen-bond donors (Lipinski definition) is 0. The number of aromatic nitrogens is 4.